The van der Waals surface area contributed by atoms with Crippen LogP contribution in [0.3, 0.4) is 0 Å². The highest BCUT2D eigenvalue weighted by molar-refractivity contribution is 7.92. The molecule has 0 spiro atoms. The molecule has 0 saturated carbocycles. The average Bonchev–Trinajstić information content (AvgIpc) is 3.07. The molecular weight excluding hydrogens is 386 g/mol. The van der Waals surface area contributed by atoms with Crippen molar-refractivity contribution in [2.24, 2.45) is 7.05 Å². The van der Waals surface area contributed by atoms with E-state index in [1.807, 2.05) is 0 Å². The van der Waals surface area contributed by atoms with Gasteiger partial charge in [0.05, 0.1) is 41.7 Å². The van der Waals surface area contributed by atoms with Crippen molar-refractivity contribution in [3.05, 3.63) is 36.3 Å². The van der Waals surface area contributed by atoms with E-state index < -0.39 is 16.0 Å². The minimum atomic E-state index is -3.44. The van der Waals surface area contributed by atoms with Gasteiger partial charge in [-0.05, 0) is 19.1 Å². The standard InChI is InChI=1S/C17H19N5O5S/c1-5-28(24,25)22(3)15-8-19-16(9-18-15)27-14-7-11(17(23)26-4)6-13-12(14)10-21(2)20-13/h6-10H,5H2,1-4H3. The molecule has 0 aliphatic carbocycles. The maximum Gasteiger partial charge on any atom is 0.338 e. The first-order chi connectivity index (χ1) is 13.2. The van der Waals surface area contributed by atoms with Crippen LogP contribution in [0.1, 0.15) is 17.3 Å². The molecule has 3 rings (SSSR count). The number of hydrogen-bond donors (Lipinski definition) is 0. The van der Waals surface area contributed by atoms with Crippen LogP contribution in [0, 0.1) is 0 Å². The van der Waals surface area contributed by atoms with Crippen LogP contribution in [0.2, 0.25) is 0 Å². The van der Waals surface area contributed by atoms with Crippen molar-refractivity contribution in [1.82, 2.24) is 19.7 Å². The van der Waals surface area contributed by atoms with Crippen LogP contribution >= 0.6 is 0 Å². The molecule has 0 fully saturated rings. The van der Waals surface area contributed by atoms with Crippen LogP contribution in [0.15, 0.2) is 30.7 Å². The molecule has 10 nitrogen and oxygen atoms in total. The summed E-state index contributed by atoms with van der Waals surface area (Å²) >= 11 is 0. The van der Waals surface area contributed by atoms with Crippen LogP contribution in [0.4, 0.5) is 5.82 Å². The summed E-state index contributed by atoms with van der Waals surface area (Å²) in [5, 5.41) is 4.96. The largest absolute Gasteiger partial charge is 0.465 e. The van der Waals surface area contributed by atoms with Gasteiger partial charge in [0.1, 0.15) is 5.75 Å². The summed E-state index contributed by atoms with van der Waals surface area (Å²) in [6, 6.07) is 3.13. The molecule has 148 valence electrons. The number of rotatable bonds is 6. The SMILES string of the molecule is CCS(=O)(=O)N(C)c1cnc(Oc2cc(C(=O)OC)cc3nn(C)cc23)cn1. The van der Waals surface area contributed by atoms with Gasteiger partial charge in [-0.2, -0.15) is 5.10 Å². The smallest absolute Gasteiger partial charge is 0.338 e. The number of sulfonamides is 1. The van der Waals surface area contributed by atoms with E-state index in [0.717, 1.165) is 4.31 Å². The first kappa shape index (κ1) is 19.5. The Morgan fingerprint density at radius 3 is 2.61 bits per heavy atom. The number of hydrogen-bond acceptors (Lipinski definition) is 8. The van der Waals surface area contributed by atoms with Crippen molar-refractivity contribution in [1.29, 1.82) is 0 Å². The molecule has 11 heteroatoms. The fourth-order valence-corrected chi connectivity index (χ4v) is 3.27. The summed E-state index contributed by atoms with van der Waals surface area (Å²) in [5.41, 5.74) is 0.834. The van der Waals surface area contributed by atoms with E-state index in [-0.39, 0.29) is 23.0 Å². The topological polar surface area (TPSA) is 117 Å². The Kier molecular flexibility index (Phi) is 5.18. The highest BCUT2D eigenvalue weighted by atomic mass is 32.2. The van der Waals surface area contributed by atoms with Gasteiger partial charge in [0, 0.05) is 20.3 Å². The van der Waals surface area contributed by atoms with Crippen LogP contribution in [0.25, 0.3) is 10.9 Å². The Hall–Kier alpha value is -3.21. The van der Waals surface area contributed by atoms with Gasteiger partial charge in [0.25, 0.3) is 0 Å². The van der Waals surface area contributed by atoms with Crippen LogP contribution in [0.5, 0.6) is 11.6 Å². The molecule has 28 heavy (non-hydrogen) atoms. The van der Waals surface area contributed by atoms with E-state index >= 15 is 0 Å². The summed E-state index contributed by atoms with van der Waals surface area (Å²) in [6.07, 6.45) is 4.35. The van der Waals surface area contributed by atoms with Crippen LogP contribution < -0.4 is 9.04 Å². The Morgan fingerprint density at radius 2 is 2.00 bits per heavy atom. The van der Waals surface area contributed by atoms with Gasteiger partial charge in [-0.3, -0.25) is 8.99 Å². The minimum absolute atomic E-state index is 0.0528. The van der Waals surface area contributed by atoms with E-state index in [9.17, 15) is 13.2 Å². The van der Waals surface area contributed by atoms with Crippen LogP contribution in [-0.2, 0) is 21.8 Å². The summed E-state index contributed by atoms with van der Waals surface area (Å²) in [4.78, 5) is 20.1. The van der Waals surface area contributed by atoms with Crippen molar-refractivity contribution in [2.45, 2.75) is 6.92 Å². The van der Waals surface area contributed by atoms with E-state index in [1.165, 1.54) is 32.6 Å². The third-order valence-electron chi connectivity index (χ3n) is 4.06. The Morgan fingerprint density at radius 1 is 1.25 bits per heavy atom. The molecule has 2 heterocycles. The molecule has 0 unspecified atom stereocenters. The normalized spacial score (nSPS) is 11.4. The number of ether oxygens (including phenoxy) is 2. The highest BCUT2D eigenvalue weighted by Gasteiger charge is 2.18. The van der Waals surface area contributed by atoms with E-state index in [1.54, 1.807) is 30.9 Å². The number of carbonyl (C=O) groups excluding carboxylic acids is 1. The van der Waals surface area contributed by atoms with Gasteiger partial charge < -0.3 is 9.47 Å². The van der Waals surface area contributed by atoms with E-state index in [4.69, 9.17) is 9.47 Å². The van der Waals surface area contributed by atoms with Gasteiger partial charge in [0.15, 0.2) is 5.82 Å². The monoisotopic (exact) mass is 405 g/mol. The second-order valence-corrected chi connectivity index (χ2v) is 8.17. The highest BCUT2D eigenvalue weighted by Crippen LogP contribution is 2.30. The molecule has 0 aliphatic heterocycles. The number of anilines is 1. The number of aryl methyl sites for hydroxylation is 1. The zero-order valence-corrected chi connectivity index (χ0v) is 16.6. The number of fused-ring (bicyclic) bond motifs is 1. The number of methoxy groups -OCH3 is 1. The van der Waals surface area contributed by atoms with E-state index in [0.29, 0.717) is 16.7 Å². The maximum absolute atomic E-state index is 11.9. The number of aromatic nitrogens is 4. The zero-order valence-electron chi connectivity index (χ0n) is 15.8. The Bertz CT molecular complexity index is 1120. The molecular formula is C17H19N5O5S. The predicted molar refractivity (Wildman–Crippen MR) is 102 cm³/mol. The number of esters is 1. The van der Waals surface area contributed by atoms with Crippen molar-refractivity contribution in [3.8, 4) is 11.6 Å². The maximum atomic E-state index is 11.9. The minimum Gasteiger partial charge on any atom is -0.465 e. The third-order valence-corrected chi connectivity index (χ3v) is 5.81. The van der Waals surface area contributed by atoms with Crippen molar-refractivity contribution in [2.75, 3.05) is 24.2 Å². The fourth-order valence-electron chi connectivity index (χ4n) is 2.50. The van der Waals surface area contributed by atoms with Gasteiger partial charge in [-0.15, -0.1) is 0 Å². The number of nitrogens with zero attached hydrogens (tertiary/aromatic N) is 5. The first-order valence-corrected chi connectivity index (χ1v) is 9.88. The Labute approximate surface area is 161 Å². The molecule has 0 radical (unpaired) electrons. The fraction of sp³-hybridized carbons (Fsp3) is 0.294. The summed E-state index contributed by atoms with van der Waals surface area (Å²) in [5.74, 6) is 0.0815. The Balaban J connectivity index is 1.95. The van der Waals surface area contributed by atoms with Crippen molar-refractivity contribution >= 4 is 32.7 Å². The summed E-state index contributed by atoms with van der Waals surface area (Å²) < 4.78 is 37.1. The second kappa shape index (κ2) is 7.43. The molecule has 0 saturated heterocycles. The summed E-state index contributed by atoms with van der Waals surface area (Å²) in [7, 11) is 1.00. The predicted octanol–water partition coefficient (Wildman–Crippen LogP) is 1.73. The molecule has 0 N–H and O–H groups in total. The zero-order chi connectivity index (χ0) is 20.5. The molecule has 0 aliphatic rings. The lowest BCUT2D eigenvalue weighted by atomic mass is 10.1. The molecule has 3 aromatic rings. The lowest BCUT2D eigenvalue weighted by molar-refractivity contribution is 0.0600. The second-order valence-electron chi connectivity index (χ2n) is 5.88. The van der Waals surface area contributed by atoms with Crippen LogP contribution in [-0.4, -0.2) is 54.0 Å². The van der Waals surface area contributed by atoms with Gasteiger partial charge in [0.2, 0.25) is 15.9 Å². The molecule has 2 aromatic heterocycles. The van der Waals surface area contributed by atoms with Gasteiger partial charge in [-0.1, -0.05) is 0 Å². The molecule has 0 atom stereocenters. The number of benzene rings is 1. The van der Waals surface area contributed by atoms with Crippen molar-refractivity contribution < 1.29 is 22.7 Å². The van der Waals surface area contributed by atoms with Gasteiger partial charge in [-0.25, -0.2) is 23.2 Å². The summed E-state index contributed by atoms with van der Waals surface area (Å²) in [6.45, 7) is 1.55. The van der Waals surface area contributed by atoms with Crippen molar-refractivity contribution in [3.63, 3.8) is 0 Å². The molecule has 1 aromatic carbocycles. The first-order valence-electron chi connectivity index (χ1n) is 8.27. The number of carbonyl (C=O) groups is 1. The quantitative estimate of drug-likeness (QED) is 0.569. The lowest BCUT2D eigenvalue weighted by Crippen LogP contribution is -2.28. The lowest BCUT2D eigenvalue weighted by Gasteiger charge is -2.16. The molecule has 0 amide bonds. The average molecular weight is 405 g/mol. The van der Waals surface area contributed by atoms with E-state index in [2.05, 4.69) is 15.1 Å². The molecule has 0 bridgehead atoms. The van der Waals surface area contributed by atoms with Gasteiger partial charge >= 0.3 is 5.97 Å². The third kappa shape index (κ3) is 3.74.